The molecule has 144 valence electrons. The van der Waals surface area contributed by atoms with Gasteiger partial charge in [-0.25, -0.2) is 23.5 Å². The quantitative estimate of drug-likeness (QED) is 0.887. The molecule has 1 aromatic heterocycles. The minimum absolute atomic E-state index is 0.0100. The number of benzene rings is 1. The average Bonchev–Trinajstić information content (AvgIpc) is 2.65. The summed E-state index contributed by atoms with van der Waals surface area (Å²) in [7, 11) is 0. The molecule has 2 aromatic rings. The molecule has 2 amide bonds. The summed E-state index contributed by atoms with van der Waals surface area (Å²) in [6.07, 6.45) is 1.35. The number of ether oxygens (including phenoxy) is 1. The number of anilines is 1. The van der Waals surface area contributed by atoms with Crippen LogP contribution in [0.3, 0.4) is 0 Å². The van der Waals surface area contributed by atoms with Gasteiger partial charge in [0.15, 0.2) is 11.6 Å². The fraction of sp³-hybridized carbons (Fsp3) is 0.389. The van der Waals surface area contributed by atoms with Gasteiger partial charge in [-0.3, -0.25) is 0 Å². The van der Waals surface area contributed by atoms with E-state index < -0.39 is 11.6 Å². The van der Waals surface area contributed by atoms with Crippen LogP contribution in [0.1, 0.15) is 13.8 Å². The number of amides is 2. The first kappa shape index (κ1) is 18.8. The highest BCUT2D eigenvalue weighted by Gasteiger charge is 2.28. The number of urea groups is 1. The molecule has 0 saturated carbocycles. The van der Waals surface area contributed by atoms with Crippen molar-refractivity contribution in [2.45, 2.75) is 19.9 Å². The Morgan fingerprint density at radius 1 is 1.26 bits per heavy atom. The number of carbonyl (C=O) groups excluding carboxylic acids is 1. The third kappa shape index (κ3) is 4.42. The topological polar surface area (TPSA) is 70.6 Å². The van der Waals surface area contributed by atoms with E-state index in [0.29, 0.717) is 32.0 Å². The van der Waals surface area contributed by atoms with E-state index in [1.807, 2.05) is 18.7 Å². The van der Waals surface area contributed by atoms with Gasteiger partial charge in [0, 0.05) is 44.4 Å². The summed E-state index contributed by atoms with van der Waals surface area (Å²) in [5.74, 6) is -0.912. The molecule has 0 radical (unpaired) electrons. The van der Waals surface area contributed by atoms with E-state index in [9.17, 15) is 13.6 Å². The molecule has 1 aliphatic heterocycles. The monoisotopic (exact) mass is 377 g/mol. The number of rotatable bonds is 4. The van der Waals surface area contributed by atoms with Crippen LogP contribution < -0.4 is 15.0 Å². The standard InChI is InChI=1S/C18H21F2N5O2/c1-3-21-18(26)25-7-6-24(10-12(25)2)16-9-17(23-11-22-16)27-13-4-5-14(19)15(20)8-13/h4-5,8-9,11-12H,3,6-7,10H2,1-2H3,(H,21,26)/t12-/m1/s1. The van der Waals surface area contributed by atoms with Crippen molar-refractivity contribution < 1.29 is 18.3 Å². The molecule has 0 spiro atoms. The highest BCUT2D eigenvalue weighted by molar-refractivity contribution is 5.74. The van der Waals surface area contributed by atoms with E-state index in [-0.39, 0.29) is 23.7 Å². The summed E-state index contributed by atoms with van der Waals surface area (Å²) in [6, 6.07) is 4.85. The normalized spacial score (nSPS) is 17.0. The highest BCUT2D eigenvalue weighted by atomic mass is 19.2. The molecule has 27 heavy (non-hydrogen) atoms. The molecular weight excluding hydrogens is 356 g/mol. The predicted octanol–water partition coefficient (Wildman–Crippen LogP) is 2.79. The van der Waals surface area contributed by atoms with Crippen LogP contribution in [0.5, 0.6) is 11.6 Å². The van der Waals surface area contributed by atoms with Crippen LogP contribution in [-0.4, -0.2) is 53.1 Å². The number of halogens is 2. The summed E-state index contributed by atoms with van der Waals surface area (Å²) < 4.78 is 31.8. The Morgan fingerprint density at radius 3 is 2.78 bits per heavy atom. The molecule has 0 unspecified atom stereocenters. The Hall–Kier alpha value is -2.97. The lowest BCUT2D eigenvalue weighted by Gasteiger charge is -2.40. The van der Waals surface area contributed by atoms with Crippen molar-refractivity contribution in [1.82, 2.24) is 20.2 Å². The van der Waals surface area contributed by atoms with Gasteiger partial charge in [-0.05, 0) is 26.0 Å². The third-order valence-corrected chi connectivity index (χ3v) is 4.28. The molecule has 1 aromatic carbocycles. The Kier molecular flexibility index (Phi) is 5.68. The average molecular weight is 377 g/mol. The van der Waals surface area contributed by atoms with Crippen molar-refractivity contribution in [3.63, 3.8) is 0 Å². The van der Waals surface area contributed by atoms with E-state index in [4.69, 9.17) is 4.74 Å². The van der Waals surface area contributed by atoms with E-state index in [1.165, 1.54) is 12.4 Å². The largest absolute Gasteiger partial charge is 0.439 e. The minimum Gasteiger partial charge on any atom is -0.439 e. The van der Waals surface area contributed by atoms with Crippen molar-refractivity contribution in [3.8, 4) is 11.6 Å². The van der Waals surface area contributed by atoms with Gasteiger partial charge in [0.1, 0.15) is 17.9 Å². The third-order valence-electron chi connectivity index (χ3n) is 4.28. The lowest BCUT2D eigenvalue weighted by Crippen LogP contribution is -2.56. The van der Waals surface area contributed by atoms with Gasteiger partial charge in [-0.2, -0.15) is 0 Å². The van der Waals surface area contributed by atoms with Crippen molar-refractivity contribution in [2.24, 2.45) is 0 Å². The van der Waals surface area contributed by atoms with Gasteiger partial charge in [0.25, 0.3) is 0 Å². The molecule has 1 aliphatic rings. The number of hydrogen-bond donors (Lipinski definition) is 1. The Balaban J connectivity index is 1.69. The number of hydrogen-bond acceptors (Lipinski definition) is 5. The van der Waals surface area contributed by atoms with Crippen LogP contribution >= 0.6 is 0 Å². The summed E-state index contributed by atoms with van der Waals surface area (Å²) in [5.41, 5.74) is 0. The van der Waals surface area contributed by atoms with Crippen molar-refractivity contribution in [1.29, 1.82) is 0 Å². The first-order chi connectivity index (χ1) is 13.0. The zero-order valence-corrected chi connectivity index (χ0v) is 15.2. The fourth-order valence-corrected chi connectivity index (χ4v) is 2.94. The Bertz CT molecular complexity index is 820. The second kappa shape index (κ2) is 8.15. The number of aromatic nitrogens is 2. The molecule has 0 aliphatic carbocycles. The van der Waals surface area contributed by atoms with E-state index in [1.54, 1.807) is 11.0 Å². The van der Waals surface area contributed by atoms with Gasteiger partial charge in [0.2, 0.25) is 5.88 Å². The highest BCUT2D eigenvalue weighted by Crippen LogP contribution is 2.25. The molecule has 3 rings (SSSR count). The van der Waals surface area contributed by atoms with Crippen molar-refractivity contribution in [2.75, 3.05) is 31.1 Å². The molecule has 2 heterocycles. The van der Waals surface area contributed by atoms with Crippen molar-refractivity contribution >= 4 is 11.8 Å². The first-order valence-electron chi connectivity index (χ1n) is 8.72. The number of piperazine rings is 1. The number of carbonyl (C=O) groups is 1. The second-order valence-electron chi connectivity index (χ2n) is 6.22. The molecule has 1 saturated heterocycles. The maximum atomic E-state index is 13.3. The van der Waals surface area contributed by atoms with Crippen LogP contribution in [0.4, 0.5) is 19.4 Å². The number of nitrogens with zero attached hydrogens (tertiary/aromatic N) is 4. The summed E-state index contributed by atoms with van der Waals surface area (Å²) in [5, 5.41) is 2.81. The Morgan fingerprint density at radius 2 is 2.07 bits per heavy atom. The van der Waals surface area contributed by atoms with Crippen LogP contribution in [0, 0.1) is 11.6 Å². The van der Waals surface area contributed by atoms with Crippen molar-refractivity contribution in [3.05, 3.63) is 42.2 Å². The smallest absolute Gasteiger partial charge is 0.317 e. The van der Waals surface area contributed by atoms with Gasteiger partial charge in [0.05, 0.1) is 0 Å². The molecule has 1 atom stereocenters. The van der Waals surface area contributed by atoms with E-state index in [0.717, 1.165) is 12.1 Å². The molecule has 1 fully saturated rings. The van der Waals surface area contributed by atoms with Crippen LogP contribution in [0.15, 0.2) is 30.6 Å². The summed E-state index contributed by atoms with van der Waals surface area (Å²) >= 11 is 0. The van der Waals surface area contributed by atoms with Crippen LogP contribution in [0.25, 0.3) is 0 Å². The van der Waals surface area contributed by atoms with E-state index in [2.05, 4.69) is 15.3 Å². The van der Waals surface area contributed by atoms with E-state index >= 15 is 0 Å². The lowest BCUT2D eigenvalue weighted by molar-refractivity contribution is 0.172. The zero-order valence-electron chi connectivity index (χ0n) is 15.2. The lowest BCUT2D eigenvalue weighted by atomic mass is 10.2. The second-order valence-corrected chi connectivity index (χ2v) is 6.22. The maximum absolute atomic E-state index is 13.3. The molecule has 1 N–H and O–H groups in total. The predicted molar refractivity (Wildman–Crippen MR) is 95.9 cm³/mol. The molecular formula is C18H21F2N5O2. The van der Waals surface area contributed by atoms with Crippen LogP contribution in [0.2, 0.25) is 0 Å². The Labute approximate surface area is 156 Å². The SMILES string of the molecule is CCNC(=O)N1CCN(c2cc(Oc3ccc(F)c(F)c3)ncn2)C[C@H]1C. The van der Waals surface area contributed by atoms with Gasteiger partial charge >= 0.3 is 6.03 Å². The molecule has 0 bridgehead atoms. The van der Waals surface area contributed by atoms with Crippen LogP contribution in [-0.2, 0) is 0 Å². The number of nitrogens with one attached hydrogen (secondary N) is 1. The van der Waals surface area contributed by atoms with Gasteiger partial charge in [-0.1, -0.05) is 0 Å². The summed E-state index contributed by atoms with van der Waals surface area (Å²) in [4.78, 5) is 24.1. The first-order valence-corrected chi connectivity index (χ1v) is 8.72. The molecule has 7 nitrogen and oxygen atoms in total. The summed E-state index contributed by atoms with van der Waals surface area (Å²) in [6.45, 7) is 6.23. The zero-order chi connectivity index (χ0) is 19.4. The van der Waals surface area contributed by atoms with Gasteiger partial charge < -0.3 is 19.9 Å². The minimum atomic E-state index is -0.989. The fourth-order valence-electron chi connectivity index (χ4n) is 2.94. The van der Waals surface area contributed by atoms with Gasteiger partial charge in [-0.15, -0.1) is 0 Å². The molecule has 9 heteroatoms. The maximum Gasteiger partial charge on any atom is 0.317 e.